The first-order valence-electron chi connectivity index (χ1n) is 17.4. The molecule has 7 nitrogen and oxygen atoms in total. The molecule has 4 aliphatic rings. The predicted octanol–water partition coefficient (Wildman–Crippen LogP) is 7.77. The standard InChI is InChI=1S/C38H50BrN3O4/c1-24(2)25(3)13-14-26(4)32-17-18-33-27(10-9-19-38(32,33)5)20-34-31-21-30(46-35(43)22-39)16-15-28(31)23-40-36(44)41(37(45)42(34)40)29-11-7-6-8-12-29/h6-8,11-14,20,24-26,30,32-34H,9-10,15-19,21-23H2,1-5H3/t25-,26+,30-,32?,33?,34-,38?/m0/s1. The van der Waals surface area contributed by atoms with Crippen molar-refractivity contribution in [1.82, 2.24) is 13.9 Å². The molecule has 0 saturated heterocycles. The molecule has 6 rings (SSSR count). The van der Waals surface area contributed by atoms with E-state index < -0.39 is 0 Å². The third kappa shape index (κ3) is 5.99. The second kappa shape index (κ2) is 13.3. The van der Waals surface area contributed by atoms with Crippen molar-refractivity contribution in [2.45, 2.75) is 105 Å². The van der Waals surface area contributed by atoms with Crippen molar-refractivity contribution in [1.29, 1.82) is 0 Å². The Kier molecular flexibility index (Phi) is 9.57. The number of nitrogens with zero attached hydrogens (tertiary/aromatic N) is 3. The minimum atomic E-state index is -0.375. The van der Waals surface area contributed by atoms with Gasteiger partial charge in [0.25, 0.3) is 0 Å². The molecule has 2 heterocycles. The number of carbonyl (C=O) groups is 1. The van der Waals surface area contributed by atoms with Gasteiger partial charge in [0.2, 0.25) is 0 Å². The number of benzene rings is 1. The second-order valence-electron chi connectivity index (χ2n) is 14.9. The van der Waals surface area contributed by atoms with Crippen molar-refractivity contribution in [2.75, 3.05) is 5.33 Å². The Hall–Kier alpha value is -2.87. The highest BCUT2D eigenvalue weighted by atomic mass is 79.9. The van der Waals surface area contributed by atoms with Gasteiger partial charge in [0, 0.05) is 6.42 Å². The first kappa shape index (κ1) is 33.0. The summed E-state index contributed by atoms with van der Waals surface area (Å²) < 4.78 is 10.5. The number of carbonyl (C=O) groups excluding carboxylic acids is 1. The van der Waals surface area contributed by atoms with E-state index in [1.807, 2.05) is 30.3 Å². The number of para-hydroxylation sites is 1. The SMILES string of the molecule is CC(C)[C@@H](C)C=C[C@@H](C)C1CCC2C(=C[C@H]3C4=C(CC[C@H](OC(=O)CBr)C4)Cn4c(=O)n(-c5ccccc5)c(=O)n43)CCCC21C. The van der Waals surface area contributed by atoms with Crippen LogP contribution in [0.5, 0.6) is 0 Å². The van der Waals surface area contributed by atoms with Crippen molar-refractivity contribution in [2.24, 2.45) is 35.0 Å². The zero-order chi connectivity index (χ0) is 32.7. The lowest BCUT2D eigenvalue weighted by Gasteiger charge is -2.44. The number of allylic oxidation sites excluding steroid dienone is 5. The van der Waals surface area contributed by atoms with E-state index in [1.165, 1.54) is 28.6 Å². The van der Waals surface area contributed by atoms with Gasteiger partial charge in [-0.2, -0.15) is 0 Å². The lowest BCUT2D eigenvalue weighted by molar-refractivity contribution is -0.146. The molecule has 1 aliphatic heterocycles. The van der Waals surface area contributed by atoms with Gasteiger partial charge in [-0.05, 0) is 103 Å². The average Bonchev–Trinajstić information content (AvgIpc) is 3.53. The van der Waals surface area contributed by atoms with E-state index in [1.54, 1.807) is 9.36 Å². The molecule has 2 aromatic rings. The van der Waals surface area contributed by atoms with Gasteiger partial charge in [0.1, 0.15) is 11.4 Å². The van der Waals surface area contributed by atoms with Gasteiger partial charge in [-0.25, -0.2) is 23.5 Å². The van der Waals surface area contributed by atoms with E-state index in [-0.39, 0.29) is 40.2 Å². The highest BCUT2D eigenvalue weighted by Crippen LogP contribution is 2.60. The van der Waals surface area contributed by atoms with E-state index >= 15 is 0 Å². The Labute approximate surface area is 281 Å². The molecule has 0 amide bonds. The minimum Gasteiger partial charge on any atom is -0.461 e. The molecule has 3 aliphatic carbocycles. The maximum Gasteiger partial charge on any atom is 0.352 e. The molecule has 248 valence electrons. The molecule has 2 fully saturated rings. The normalized spacial score (nSPS) is 29.9. The smallest absolute Gasteiger partial charge is 0.352 e. The summed E-state index contributed by atoms with van der Waals surface area (Å²) in [4.78, 5) is 40.4. The maximum atomic E-state index is 14.2. The molecule has 7 atom stereocenters. The van der Waals surface area contributed by atoms with Crippen LogP contribution in [-0.4, -0.2) is 31.3 Å². The van der Waals surface area contributed by atoms with Crippen molar-refractivity contribution in [3.8, 4) is 5.69 Å². The number of halogens is 1. The van der Waals surface area contributed by atoms with Crippen LogP contribution in [0.25, 0.3) is 5.69 Å². The summed E-state index contributed by atoms with van der Waals surface area (Å²) in [7, 11) is 0. The van der Waals surface area contributed by atoms with Gasteiger partial charge in [-0.15, -0.1) is 0 Å². The summed E-state index contributed by atoms with van der Waals surface area (Å²) >= 11 is 3.23. The largest absolute Gasteiger partial charge is 0.461 e. The molecular formula is C38H50BrN3O4. The summed E-state index contributed by atoms with van der Waals surface area (Å²) in [6.07, 6.45) is 14.8. The van der Waals surface area contributed by atoms with Crippen LogP contribution in [0.3, 0.4) is 0 Å². The molecule has 2 saturated carbocycles. The Balaban J connectivity index is 1.40. The van der Waals surface area contributed by atoms with E-state index in [0.717, 1.165) is 37.7 Å². The fraction of sp³-hybridized carbons (Fsp3) is 0.605. The predicted molar refractivity (Wildman–Crippen MR) is 186 cm³/mol. The van der Waals surface area contributed by atoms with Crippen molar-refractivity contribution < 1.29 is 9.53 Å². The van der Waals surface area contributed by atoms with Crippen molar-refractivity contribution >= 4 is 21.9 Å². The fourth-order valence-electron chi connectivity index (χ4n) is 9.07. The number of fused-ring (bicyclic) bond motifs is 2. The summed E-state index contributed by atoms with van der Waals surface area (Å²) in [6.45, 7) is 12.2. The van der Waals surface area contributed by atoms with Crippen LogP contribution >= 0.6 is 15.9 Å². The molecule has 0 N–H and O–H groups in total. The van der Waals surface area contributed by atoms with Crippen LogP contribution in [0.4, 0.5) is 0 Å². The van der Waals surface area contributed by atoms with Crippen molar-refractivity contribution in [3.63, 3.8) is 0 Å². The molecule has 8 heteroatoms. The van der Waals surface area contributed by atoms with Crippen LogP contribution in [0.1, 0.15) is 92.0 Å². The molecule has 0 spiro atoms. The van der Waals surface area contributed by atoms with Gasteiger partial charge in [0.15, 0.2) is 0 Å². The topological polar surface area (TPSA) is 75.2 Å². The number of hydrogen-bond donors (Lipinski definition) is 0. The Bertz CT molecular complexity index is 1660. The van der Waals surface area contributed by atoms with Gasteiger partial charge in [-0.3, -0.25) is 4.79 Å². The summed E-state index contributed by atoms with van der Waals surface area (Å²) in [5.74, 6) is 2.50. The Morgan fingerprint density at radius 3 is 2.52 bits per heavy atom. The number of alkyl halides is 1. The van der Waals surface area contributed by atoms with Gasteiger partial charge in [-0.1, -0.05) is 92.5 Å². The van der Waals surface area contributed by atoms with E-state index in [9.17, 15) is 14.4 Å². The van der Waals surface area contributed by atoms with Crippen molar-refractivity contribution in [3.05, 3.63) is 86.2 Å². The van der Waals surface area contributed by atoms with E-state index in [4.69, 9.17) is 4.74 Å². The van der Waals surface area contributed by atoms with E-state index in [0.29, 0.717) is 48.2 Å². The van der Waals surface area contributed by atoms with E-state index in [2.05, 4.69) is 68.8 Å². The highest BCUT2D eigenvalue weighted by Gasteiger charge is 2.51. The van der Waals surface area contributed by atoms with Crippen LogP contribution in [0.15, 0.2) is 74.9 Å². The first-order valence-corrected chi connectivity index (χ1v) is 18.5. The monoisotopic (exact) mass is 691 g/mol. The lowest BCUT2D eigenvalue weighted by Crippen LogP contribution is -2.40. The number of esters is 1. The molecule has 0 bridgehead atoms. The highest BCUT2D eigenvalue weighted by molar-refractivity contribution is 9.09. The average molecular weight is 693 g/mol. The third-order valence-corrected chi connectivity index (χ3v) is 12.4. The van der Waals surface area contributed by atoms with Crippen LogP contribution in [-0.2, 0) is 16.1 Å². The maximum absolute atomic E-state index is 14.2. The molecular weight excluding hydrogens is 642 g/mol. The molecule has 1 aromatic carbocycles. The zero-order valence-electron chi connectivity index (χ0n) is 28.1. The third-order valence-electron chi connectivity index (χ3n) is 11.9. The summed E-state index contributed by atoms with van der Waals surface area (Å²) in [5, 5.41) is 0.160. The number of rotatable bonds is 8. The zero-order valence-corrected chi connectivity index (χ0v) is 29.7. The fourth-order valence-corrected chi connectivity index (χ4v) is 9.21. The number of aromatic nitrogens is 3. The van der Waals surface area contributed by atoms with Crippen LogP contribution in [0.2, 0.25) is 0 Å². The molecule has 3 unspecified atom stereocenters. The second-order valence-corrected chi connectivity index (χ2v) is 15.4. The minimum absolute atomic E-state index is 0.160. The molecule has 0 radical (unpaired) electrons. The lowest BCUT2D eigenvalue weighted by atomic mass is 9.61. The van der Waals surface area contributed by atoms with Crippen LogP contribution < -0.4 is 11.4 Å². The molecule has 1 aromatic heterocycles. The number of ether oxygens (including phenoxy) is 1. The molecule has 46 heavy (non-hydrogen) atoms. The Morgan fingerprint density at radius 2 is 1.80 bits per heavy atom. The Morgan fingerprint density at radius 1 is 1.04 bits per heavy atom. The number of hydrogen-bond acceptors (Lipinski definition) is 4. The first-order chi connectivity index (χ1) is 22.0. The summed E-state index contributed by atoms with van der Waals surface area (Å²) in [6, 6.07) is 8.85. The van der Waals surface area contributed by atoms with Gasteiger partial charge < -0.3 is 4.74 Å². The summed E-state index contributed by atoms with van der Waals surface area (Å²) in [5.41, 5.74) is 3.93. The van der Waals surface area contributed by atoms with Gasteiger partial charge in [0.05, 0.1) is 18.3 Å². The van der Waals surface area contributed by atoms with Gasteiger partial charge >= 0.3 is 17.3 Å². The quantitative estimate of drug-likeness (QED) is 0.161. The van der Waals surface area contributed by atoms with Crippen LogP contribution in [0, 0.1) is 35.0 Å².